The van der Waals surface area contributed by atoms with Gasteiger partial charge in [-0.1, -0.05) is 13.3 Å². The monoisotopic (exact) mass is 239 g/mol. The molecule has 0 saturated carbocycles. The van der Waals surface area contributed by atoms with Crippen molar-refractivity contribution in [1.82, 2.24) is 15.1 Å². The summed E-state index contributed by atoms with van der Waals surface area (Å²) in [4.78, 5) is 16.6. The molecule has 0 bridgehead atoms. The summed E-state index contributed by atoms with van der Waals surface area (Å²) >= 11 is 0. The molecule has 1 amide bonds. The maximum absolute atomic E-state index is 12.2. The van der Waals surface area contributed by atoms with Gasteiger partial charge in [-0.15, -0.1) is 0 Å². The first-order valence-electron chi connectivity index (χ1n) is 7.01. The molecular formula is C13H25N3O. The molecule has 0 aliphatic carbocycles. The van der Waals surface area contributed by atoms with Gasteiger partial charge >= 0.3 is 0 Å². The molecule has 4 nitrogen and oxygen atoms in total. The zero-order valence-electron chi connectivity index (χ0n) is 11.1. The smallest absolute Gasteiger partial charge is 0.241 e. The lowest BCUT2D eigenvalue weighted by Gasteiger charge is -2.24. The van der Waals surface area contributed by atoms with E-state index in [-0.39, 0.29) is 12.2 Å². The molecule has 2 heterocycles. The van der Waals surface area contributed by atoms with Crippen LogP contribution >= 0.6 is 0 Å². The van der Waals surface area contributed by atoms with Gasteiger partial charge in [0.2, 0.25) is 5.91 Å². The number of hydrogen-bond acceptors (Lipinski definition) is 3. The van der Waals surface area contributed by atoms with Gasteiger partial charge in [0.25, 0.3) is 0 Å². The summed E-state index contributed by atoms with van der Waals surface area (Å²) in [7, 11) is 0. The van der Waals surface area contributed by atoms with Crippen LogP contribution in [-0.2, 0) is 4.79 Å². The van der Waals surface area contributed by atoms with Crippen molar-refractivity contribution in [3.8, 4) is 0 Å². The Morgan fingerprint density at radius 3 is 2.65 bits per heavy atom. The predicted octanol–water partition coefficient (Wildman–Crippen LogP) is 1.03. The molecule has 98 valence electrons. The average Bonchev–Trinajstić information content (AvgIpc) is 2.88. The third kappa shape index (κ3) is 2.99. The maximum Gasteiger partial charge on any atom is 0.241 e. The largest absolute Gasteiger partial charge is 0.325 e. The average molecular weight is 239 g/mol. The SMILES string of the molecule is CCCC1NC(C)N(CCN2CCCC2)C1=O. The van der Waals surface area contributed by atoms with E-state index < -0.39 is 0 Å². The summed E-state index contributed by atoms with van der Waals surface area (Å²) in [6, 6.07) is 0.0635. The first-order valence-corrected chi connectivity index (χ1v) is 7.01. The van der Waals surface area contributed by atoms with Crippen molar-refractivity contribution in [2.24, 2.45) is 0 Å². The van der Waals surface area contributed by atoms with Gasteiger partial charge in [0.05, 0.1) is 12.2 Å². The van der Waals surface area contributed by atoms with E-state index in [1.807, 2.05) is 4.90 Å². The Morgan fingerprint density at radius 2 is 2.00 bits per heavy atom. The first-order chi connectivity index (χ1) is 8.22. The first kappa shape index (κ1) is 12.8. The Labute approximate surface area is 104 Å². The van der Waals surface area contributed by atoms with Crippen LogP contribution in [0.15, 0.2) is 0 Å². The second kappa shape index (κ2) is 5.83. The number of nitrogens with zero attached hydrogens (tertiary/aromatic N) is 2. The van der Waals surface area contributed by atoms with Crippen molar-refractivity contribution in [3.63, 3.8) is 0 Å². The van der Waals surface area contributed by atoms with Gasteiger partial charge in [0, 0.05) is 13.1 Å². The molecule has 2 rings (SSSR count). The predicted molar refractivity (Wildman–Crippen MR) is 68.7 cm³/mol. The molecule has 1 N–H and O–H groups in total. The lowest BCUT2D eigenvalue weighted by Crippen LogP contribution is -2.40. The van der Waals surface area contributed by atoms with Crippen molar-refractivity contribution < 1.29 is 4.79 Å². The molecule has 0 aromatic heterocycles. The summed E-state index contributed by atoms with van der Waals surface area (Å²) in [6.07, 6.45) is 4.88. The van der Waals surface area contributed by atoms with E-state index >= 15 is 0 Å². The van der Waals surface area contributed by atoms with Gasteiger partial charge in [0.1, 0.15) is 0 Å². The molecule has 0 spiro atoms. The van der Waals surface area contributed by atoms with E-state index in [0.717, 1.165) is 25.9 Å². The van der Waals surface area contributed by atoms with E-state index in [9.17, 15) is 4.79 Å². The van der Waals surface area contributed by atoms with Crippen LogP contribution in [-0.4, -0.2) is 54.1 Å². The third-order valence-corrected chi connectivity index (χ3v) is 3.92. The van der Waals surface area contributed by atoms with Crippen LogP contribution in [0.2, 0.25) is 0 Å². The fourth-order valence-electron chi connectivity index (χ4n) is 2.90. The summed E-state index contributed by atoms with van der Waals surface area (Å²) < 4.78 is 0. The Balaban J connectivity index is 1.81. The lowest BCUT2D eigenvalue weighted by atomic mass is 10.2. The lowest BCUT2D eigenvalue weighted by molar-refractivity contribution is -0.130. The second-order valence-corrected chi connectivity index (χ2v) is 5.26. The fourth-order valence-corrected chi connectivity index (χ4v) is 2.90. The molecule has 4 heteroatoms. The quantitative estimate of drug-likeness (QED) is 0.778. The van der Waals surface area contributed by atoms with E-state index in [1.165, 1.54) is 25.9 Å². The zero-order chi connectivity index (χ0) is 12.3. The van der Waals surface area contributed by atoms with Gasteiger partial charge in [-0.2, -0.15) is 0 Å². The van der Waals surface area contributed by atoms with Gasteiger partial charge in [-0.05, 0) is 39.3 Å². The molecule has 2 atom stereocenters. The Bertz CT molecular complexity index is 263. The molecule has 2 unspecified atom stereocenters. The minimum atomic E-state index is 0.0635. The molecule has 2 saturated heterocycles. The van der Waals surface area contributed by atoms with E-state index in [0.29, 0.717) is 5.91 Å². The number of nitrogens with one attached hydrogen (secondary N) is 1. The molecule has 0 radical (unpaired) electrons. The molecule has 17 heavy (non-hydrogen) atoms. The summed E-state index contributed by atoms with van der Waals surface area (Å²) in [5.74, 6) is 0.304. The van der Waals surface area contributed by atoms with Gasteiger partial charge in [0.15, 0.2) is 0 Å². The topological polar surface area (TPSA) is 35.6 Å². The van der Waals surface area contributed by atoms with Crippen LogP contribution in [0.5, 0.6) is 0 Å². The van der Waals surface area contributed by atoms with Crippen LogP contribution in [0.4, 0.5) is 0 Å². The maximum atomic E-state index is 12.2. The summed E-state index contributed by atoms with van der Waals surface area (Å²) in [6.45, 7) is 8.57. The van der Waals surface area contributed by atoms with E-state index in [1.54, 1.807) is 0 Å². The number of carbonyl (C=O) groups excluding carboxylic acids is 1. The van der Waals surface area contributed by atoms with Gasteiger partial charge in [-0.25, -0.2) is 0 Å². The highest BCUT2D eigenvalue weighted by Gasteiger charge is 2.35. The molecule has 0 aromatic carbocycles. The second-order valence-electron chi connectivity index (χ2n) is 5.26. The summed E-state index contributed by atoms with van der Waals surface area (Å²) in [5.41, 5.74) is 0. The highest BCUT2D eigenvalue weighted by molar-refractivity contribution is 5.84. The van der Waals surface area contributed by atoms with Crippen molar-refractivity contribution in [3.05, 3.63) is 0 Å². The van der Waals surface area contributed by atoms with Gasteiger partial charge < -0.3 is 9.80 Å². The standard InChI is InChI=1S/C13H25N3O/c1-3-6-12-13(17)16(11(2)14-12)10-9-15-7-4-5-8-15/h11-12,14H,3-10H2,1-2H3. The molecule has 0 aromatic rings. The van der Waals surface area contributed by atoms with Crippen LogP contribution in [0.25, 0.3) is 0 Å². The summed E-state index contributed by atoms with van der Waals surface area (Å²) in [5, 5.41) is 3.39. The van der Waals surface area contributed by atoms with E-state index in [2.05, 4.69) is 24.1 Å². The number of hydrogen-bond donors (Lipinski definition) is 1. The Kier molecular flexibility index (Phi) is 4.40. The van der Waals surface area contributed by atoms with Crippen LogP contribution < -0.4 is 5.32 Å². The highest BCUT2D eigenvalue weighted by Crippen LogP contribution is 2.15. The van der Waals surface area contributed by atoms with E-state index in [4.69, 9.17) is 0 Å². The minimum absolute atomic E-state index is 0.0635. The number of amides is 1. The number of rotatable bonds is 5. The van der Waals surface area contributed by atoms with Crippen molar-refractivity contribution in [2.75, 3.05) is 26.2 Å². The number of likely N-dealkylation sites (tertiary alicyclic amines) is 1. The van der Waals surface area contributed by atoms with Crippen molar-refractivity contribution >= 4 is 5.91 Å². The van der Waals surface area contributed by atoms with Crippen LogP contribution in [0.1, 0.15) is 39.5 Å². The molecule has 2 aliphatic rings. The van der Waals surface area contributed by atoms with Crippen LogP contribution in [0.3, 0.4) is 0 Å². The normalized spacial score (nSPS) is 30.5. The zero-order valence-corrected chi connectivity index (χ0v) is 11.1. The fraction of sp³-hybridized carbons (Fsp3) is 0.923. The Morgan fingerprint density at radius 1 is 1.29 bits per heavy atom. The van der Waals surface area contributed by atoms with Gasteiger partial charge in [-0.3, -0.25) is 10.1 Å². The Hall–Kier alpha value is -0.610. The molecule has 2 aliphatic heterocycles. The molecular weight excluding hydrogens is 214 g/mol. The molecule has 2 fully saturated rings. The minimum Gasteiger partial charge on any atom is -0.325 e. The van der Waals surface area contributed by atoms with Crippen LogP contribution in [0, 0.1) is 0 Å². The number of carbonyl (C=O) groups is 1. The van der Waals surface area contributed by atoms with Crippen molar-refractivity contribution in [1.29, 1.82) is 0 Å². The highest BCUT2D eigenvalue weighted by atomic mass is 16.2. The van der Waals surface area contributed by atoms with Crippen molar-refractivity contribution in [2.45, 2.75) is 51.7 Å². The third-order valence-electron chi connectivity index (χ3n) is 3.92.